The second-order valence-corrected chi connectivity index (χ2v) is 6.41. The molecule has 4 nitrogen and oxygen atoms in total. The van der Waals surface area contributed by atoms with Crippen molar-refractivity contribution < 1.29 is 14.7 Å². The van der Waals surface area contributed by atoms with Gasteiger partial charge < -0.3 is 10.4 Å². The van der Waals surface area contributed by atoms with Gasteiger partial charge in [-0.2, -0.15) is 0 Å². The van der Waals surface area contributed by atoms with Gasteiger partial charge in [0.05, 0.1) is 5.92 Å². The summed E-state index contributed by atoms with van der Waals surface area (Å²) in [4.78, 5) is 23.1. The number of allylic oxidation sites excluding steroid dienone is 2. The molecular formula is C17H21NO3. The van der Waals surface area contributed by atoms with E-state index in [9.17, 15) is 9.59 Å². The molecular weight excluding hydrogens is 266 g/mol. The molecule has 0 aliphatic carbocycles. The molecule has 1 heterocycles. The smallest absolute Gasteiger partial charge is 0.310 e. The van der Waals surface area contributed by atoms with Crippen molar-refractivity contribution in [1.82, 2.24) is 5.32 Å². The van der Waals surface area contributed by atoms with Gasteiger partial charge in [-0.1, -0.05) is 38.1 Å². The Hall–Kier alpha value is -2.10. The van der Waals surface area contributed by atoms with Gasteiger partial charge in [0, 0.05) is 23.9 Å². The highest BCUT2D eigenvalue weighted by Gasteiger charge is 2.26. The maximum Gasteiger partial charge on any atom is 0.310 e. The Balaban J connectivity index is 2.11. The molecule has 1 aliphatic heterocycles. The van der Waals surface area contributed by atoms with Gasteiger partial charge in [0.25, 0.3) is 0 Å². The third-order valence-corrected chi connectivity index (χ3v) is 3.83. The Morgan fingerprint density at radius 1 is 1.29 bits per heavy atom. The average Bonchev–Trinajstić information content (AvgIpc) is 2.77. The molecule has 1 aliphatic rings. The predicted molar refractivity (Wildman–Crippen MR) is 81.3 cm³/mol. The Morgan fingerprint density at radius 2 is 1.90 bits per heavy atom. The minimum Gasteiger partial charge on any atom is -0.481 e. The molecule has 1 atom stereocenters. The van der Waals surface area contributed by atoms with Crippen LogP contribution in [-0.2, 0) is 4.79 Å². The minimum absolute atomic E-state index is 0.0512. The van der Waals surface area contributed by atoms with Gasteiger partial charge in [0.1, 0.15) is 0 Å². The lowest BCUT2D eigenvalue weighted by Gasteiger charge is -2.12. The second-order valence-electron chi connectivity index (χ2n) is 6.41. The van der Waals surface area contributed by atoms with Crippen LogP contribution >= 0.6 is 0 Å². The number of carbonyl (C=O) groups is 2. The number of carboxylic acids is 1. The molecule has 0 saturated carbocycles. The third kappa shape index (κ3) is 3.72. The van der Waals surface area contributed by atoms with Crippen molar-refractivity contribution in [1.29, 1.82) is 0 Å². The van der Waals surface area contributed by atoms with Crippen LogP contribution in [0.4, 0.5) is 0 Å². The van der Waals surface area contributed by atoms with Crippen molar-refractivity contribution >= 4 is 11.8 Å². The number of hydrogen-bond acceptors (Lipinski definition) is 3. The average molecular weight is 287 g/mol. The van der Waals surface area contributed by atoms with Gasteiger partial charge in [0.15, 0.2) is 5.78 Å². The molecule has 0 aromatic heterocycles. The highest BCUT2D eigenvalue weighted by atomic mass is 16.4. The zero-order valence-electron chi connectivity index (χ0n) is 12.6. The third-order valence-electron chi connectivity index (χ3n) is 3.83. The van der Waals surface area contributed by atoms with Gasteiger partial charge in [-0.3, -0.25) is 9.59 Å². The first-order valence-corrected chi connectivity index (χ1v) is 7.10. The van der Waals surface area contributed by atoms with Crippen LogP contribution < -0.4 is 5.32 Å². The van der Waals surface area contributed by atoms with E-state index in [1.54, 1.807) is 37.3 Å². The quantitative estimate of drug-likeness (QED) is 0.660. The molecule has 0 amide bonds. The molecule has 4 heteroatoms. The zero-order valence-corrected chi connectivity index (χ0v) is 12.6. The molecule has 0 radical (unpaired) electrons. The van der Waals surface area contributed by atoms with E-state index in [-0.39, 0.29) is 11.2 Å². The summed E-state index contributed by atoms with van der Waals surface area (Å²) in [5.74, 6) is -1.48. The summed E-state index contributed by atoms with van der Waals surface area (Å²) >= 11 is 0. The summed E-state index contributed by atoms with van der Waals surface area (Å²) in [6, 6.07) is 6.79. The Labute approximate surface area is 124 Å². The SMILES string of the molecule is CC(C(=O)O)c1ccc(C(=O)/C=C2/CC(C)(C)CN2)cc1. The maximum atomic E-state index is 12.2. The number of hydrogen-bond donors (Lipinski definition) is 2. The molecule has 2 N–H and O–H groups in total. The molecule has 21 heavy (non-hydrogen) atoms. The molecule has 2 rings (SSSR count). The number of carbonyl (C=O) groups excluding carboxylic acids is 1. The zero-order chi connectivity index (χ0) is 15.6. The van der Waals surface area contributed by atoms with Crippen LogP contribution in [0.2, 0.25) is 0 Å². The molecule has 0 bridgehead atoms. The summed E-state index contributed by atoms with van der Waals surface area (Å²) in [7, 11) is 0. The van der Waals surface area contributed by atoms with E-state index < -0.39 is 11.9 Å². The number of benzene rings is 1. The monoisotopic (exact) mass is 287 g/mol. The number of aliphatic carboxylic acids is 1. The topological polar surface area (TPSA) is 66.4 Å². The van der Waals surface area contributed by atoms with Crippen molar-refractivity contribution in [3.63, 3.8) is 0 Å². The summed E-state index contributed by atoms with van der Waals surface area (Å²) in [6.07, 6.45) is 2.51. The van der Waals surface area contributed by atoms with Crippen molar-refractivity contribution in [3.8, 4) is 0 Å². The fourth-order valence-electron chi connectivity index (χ4n) is 2.42. The van der Waals surface area contributed by atoms with Crippen molar-refractivity contribution in [3.05, 3.63) is 47.2 Å². The highest BCUT2D eigenvalue weighted by molar-refractivity contribution is 6.05. The van der Waals surface area contributed by atoms with E-state index in [0.717, 1.165) is 18.7 Å². The van der Waals surface area contributed by atoms with E-state index in [4.69, 9.17) is 5.11 Å². The normalized spacial score (nSPS) is 20.0. The van der Waals surface area contributed by atoms with Crippen LogP contribution in [0.5, 0.6) is 0 Å². The number of nitrogens with one attached hydrogen (secondary N) is 1. The first-order valence-electron chi connectivity index (χ1n) is 7.10. The van der Waals surface area contributed by atoms with Crippen molar-refractivity contribution in [2.45, 2.75) is 33.1 Å². The minimum atomic E-state index is -0.867. The lowest BCUT2D eigenvalue weighted by Crippen LogP contribution is -2.15. The first kappa shape index (κ1) is 15.3. The molecule has 1 aromatic rings. The molecule has 0 spiro atoms. The standard InChI is InChI=1S/C17H21NO3/c1-11(16(20)21)12-4-6-13(7-5-12)15(19)8-14-9-17(2,3)10-18-14/h4-8,11,18H,9-10H2,1-3H3,(H,20,21)/b14-8-. The highest BCUT2D eigenvalue weighted by Crippen LogP contribution is 2.29. The van der Waals surface area contributed by atoms with E-state index in [1.165, 1.54) is 0 Å². The Bertz CT molecular complexity index is 585. The molecule has 1 aromatic carbocycles. The summed E-state index contributed by atoms with van der Waals surface area (Å²) in [5.41, 5.74) is 2.43. The van der Waals surface area contributed by atoms with Crippen LogP contribution in [0.1, 0.15) is 49.0 Å². The van der Waals surface area contributed by atoms with Gasteiger partial charge in [-0.25, -0.2) is 0 Å². The molecule has 112 valence electrons. The van der Waals surface area contributed by atoms with Crippen LogP contribution in [0.3, 0.4) is 0 Å². The van der Waals surface area contributed by atoms with Crippen LogP contribution in [0.15, 0.2) is 36.0 Å². The molecule has 1 saturated heterocycles. The molecule has 1 fully saturated rings. The second kappa shape index (κ2) is 5.72. The largest absolute Gasteiger partial charge is 0.481 e. The predicted octanol–water partition coefficient (Wildman–Crippen LogP) is 2.96. The van der Waals surface area contributed by atoms with E-state index in [0.29, 0.717) is 11.1 Å². The van der Waals surface area contributed by atoms with E-state index in [1.807, 2.05) is 0 Å². The number of rotatable bonds is 4. The Kier molecular flexibility index (Phi) is 4.16. The lowest BCUT2D eigenvalue weighted by atomic mass is 9.92. The molecule has 1 unspecified atom stereocenters. The lowest BCUT2D eigenvalue weighted by molar-refractivity contribution is -0.138. The number of carboxylic acid groups (broad SMARTS) is 1. The summed E-state index contributed by atoms with van der Waals surface area (Å²) in [6.45, 7) is 6.83. The first-order chi connectivity index (χ1) is 9.78. The van der Waals surface area contributed by atoms with E-state index >= 15 is 0 Å². The summed E-state index contributed by atoms with van der Waals surface area (Å²) in [5, 5.41) is 12.2. The van der Waals surface area contributed by atoms with Gasteiger partial charge in [-0.05, 0) is 24.3 Å². The van der Waals surface area contributed by atoms with Gasteiger partial charge in [0.2, 0.25) is 0 Å². The van der Waals surface area contributed by atoms with Crippen molar-refractivity contribution in [2.75, 3.05) is 6.54 Å². The van der Waals surface area contributed by atoms with Crippen LogP contribution in [0, 0.1) is 5.41 Å². The van der Waals surface area contributed by atoms with Gasteiger partial charge >= 0.3 is 5.97 Å². The van der Waals surface area contributed by atoms with Crippen LogP contribution in [-0.4, -0.2) is 23.4 Å². The number of ketones is 1. The Morgan fingerprint density at radius 3 is 2.38 bits per heavy atom. The van der Waals surface area contributed by atoms with Crippen molar-refractivity contribution in [2.24, 2.45) is 5.41 Å². The summed E-state index contributed by atoms with van der Waals surface area (Å²) < 4.78 is 0. The van der Waals surface area contributed by atoms with E-state index in [2.05, 4.69) is 19.2 Å². The fraction of sp³-hybridized carbons (Fsp3) is 0.412. The fourth-order valence-corrected chi connectivity index (χ4v) is 2.42. The van der Waals surface area contributed by atoms with Crippen LogP contribution in [0.25, 0.3) is 0 Å². The van der Waals surface area contributed by atoms with Gasteiger partial charge in [-0.15, -0.1) is 0 Å². The maximum absolute atomic E-state index is 12.2.